The fourth-order valence-corrected chi connectivity index (χ4v) is 3.77. The first kappa shape index (κ1) is 11.3. The quantitative estimate of drug-likeness (QED) is 0.641. The average Bonchev–Trinajstić information content (AvgIpc) is 2.52. The Balaban J connectivity index is 1.89. The molecule has 0 saturated heterocycles. The molecular formula is C15H22O2. The molecule has 0 bridgehead atoms. The van der Waals surface area contributed by atoms with Gasteiger partial charge in [0.1, 0.15) is 11.9 Å². The molecule has 17 heavy (non-hydrogen) atoms. The van der Waals surface area contributed by atoms with Crippen LogP contribution >= 0.6 is 0 Å². The fourth-order valence-electron chi connectivity index (χ4n) is 3.77. The summed E-state index contributed by atoms with van der Waals surface area (Å²) in [6, 6.07) is 0. The minimum absolute atomic E-state index is 0.0923. The first-order valence-corrected chi connectivity index (χ1v) is 6.89. The van der Waals surface area contributed by atoms with Crippen molar-refractivity contribution in [3.8, 4) is 0 Å². The second-order valence-electron chi connectivity index (χ2n) is 6.96. The van der Waals surface area contributed by atoms with Gasteiger partial charge in [-0.15, -0.1) is 0 Å². The molecule has 0 spiro atoms. The van der Waals surface area contributed by atoms with Crippen LogP contribution in [0.1, 0.15) is 52.9 Å². The van der Waals surface area contributed by atoms with E-state index in [0.29, 0.717) is 24.2 Å². The van der Waals surface area contributed by atoms with Crippen molar-refractivity contribution in [2.75, 3.05) is 0 Å². The Bertz CT molecular complexity index is 392. The molecule has 0 N–H and O–H groups in total. The van der Waals surface area contributed by atoms with E-state index in [9.17, 15) is 4.79 Å². The monoisotopic (exact) mass is 234 g/mol. The Hall–Kier alpha value is -0.790. The number of carbonyl (C=O) groups excluding carboxylic acids is 1. The van der Waals surface area contributed by atoms with Crippen molar-refractivity contribution >= 4 is 5.78 Å². The number of fused-ring (bicyclic) bond motifs is 2. The van der Waals surface area contributed by atoms with Crippen molar-refractivity contribution in [3.63, 3.8) is 0 Å². The molecule has 1 saturated carbocycles. The summed E-state index contributed by atoms with van der Waals surface area (Å²) >= 11 is 0. The van der Waals surface area contributed by atoms with Crippen LogP contribution in [-0.2, 0) is 9.53 Å². The number of hydrogen-bond acceptors (Lipinski definition) is 2. The lowest BCUT2D eigenvalue weighted by atomic mass is 9.71. The van der Waals surface area contributed by atoms with Gasteiger partial charge in [-0.05, 0) is 30.6 Å². The standard InChI is InChI=1S/C15H22O2/c1-9-4-5-10-12(6-9)17-13-8-15(2,3)7-11(16)14(10)13/h9-10,12H,4-8H2,1-3H3. The number of allylic oxidation sites excluding steroid dienone is 1. The first-order chi connectivity index (χ1) is 7.96. The van der Waals surface area contributed by atoms with Crippen molar-refractivity contribution in [2.24, 2.45) is 17.3 Å². The summed E-state index contributed by atoms with van der Waals surface area (Å²) in [5, 5.41) is 0. The van der Waals surface area contributed by atoms with Crippen LogP contribution in [0.4, 0.5) is 0 Å². The largest absolute Gasteiger partial charge is 0.494 e. The van der Waals surface area contributed by atoms with Gasteiger partial charge >= 0.3 is 0 Å². The smallest absolute Gasteiger partial charge is 0.163 e. The fraction of sp³-hybridized carbons (Fsp3) is 0.800. The van der Waals surface area contributed by atoms with Crippen LogP contribution in [0, 0.1) is 17.3 Å². The van der Waals surface area contributed by atoms with E-state index in [-0.39, 0.29) is 5.41 Å². The van der Waals surface area contributed by atoms with E-state index in [4.69, 9.17) is 4.74 Å². The second kappa shape index (κ2) is 3.60. The third kappa shape index (κ3) is 1.82. The van der Waals surface area contributed by atoms with Gasteiger partial charge in [0.15, 0.2) is 5.78 Å². The maximum Gasteiger partial charge on any atom is 0.163 e. The Morgan fingerprint density at radius 1 is 1.24 bits per heavy atom. The molecule has 0 aromatic heterocycles. The summed E-state index contributed by atoms with van der Waals surface area (Å²) < 4.78 is 6.10. The minimum Gasteiger partial charge on any atom is -0.494 e. The summed E-state index contributed by atoms with van der Waals surface area (Å²) in [5.74, 6) is 2.57. The molecular weight excluding hydrogens is 212 g/mol. The molecule has 2 nitrogen and oxygen atoms in total. The number of carbonyl (C=O) groups is 1. The second-order valence-corrected chi connectivity index (χ2v) is 6.96. The molecule has 3 aliphatic rings. The maximum absolute atomic E-state index is 12.3. The zero-order valence-corrected chi connectivity index (χ0v) is 11.1. The third-order valence-electron chi connectivity index (χ3n) is 4.60. The van der Waals surface area contributed by atoms with Gasteiger partial charge < -0.3 is 4.74 Å². The average molecular weight is 234 g/mol. The molecule has 1 fully saturated rings. The Morgan fingerprint density at radius 3 is 2.76 bits per heavy atom. The number of ketones is 1. The molecule has 3 atom stereocenters. The van der Waals surface area contributed by atoms with Crippen LogP contribution in [0.2, 0.25) is 0 Å². The molecule has 94 valence electrons. The molecule has 0 aromatic carbocycles. The molecule has 2 heteroatoms. The highest BCUT2D eigenvalue weighted by molar-refractivity contribution is 5.98. The highest BCUT2D eigenvalue weighted by Crippen LogP contribution is 2.49. The van der Waals surface area contributed by atoms with Gasteiger partial charge in [0.2, 0.25) is 0 Å². The van der Waals surface area contributed by atoms with E-state index in [1.54, 1.807) is 0 Å². The number of ether oxygens (including phenoxy) is 1. The van der Waals surface area contributed by atoms with Gasteiger partial charge in [-0.3, -0.25) is 4.79 Å². The van der Waals surface area contributed by atoms with Gasteiger partial charge in [0.25, 0.3) is 0 Å². The highest BCUT2D eigenvalue weighted by Gasteiger charge is 2.47. The van der Waals surface area contributed by atoms with Crippen LogP contribution in [0.3, 0.4) is 0 Å². The lowest BCUT2D eigenvalue weighted by Crippen LogP contribution is -2.30. The number of Topliss-reactive ketones (excluding diaryl/α,β-unsaturated/α-hetero) is 1. The summed E-state index contributed by atoms with van der Waals surface area (Å²) in [6.07, 6.45) is 5.49. The van der Waals surface area contributed by atoms with Crippen molar-refractivity contribution in [1.29, 1.82) is 0 Å². The van der Waals surface area contributed by atoms with Crippen molar-refractivity contribution < 1.29 is 9.53 Å². The highest BCUT2D eigenvalue weighted by atomic mass is 16.5. The maximum atomic E-state index is 12.3. The molecule has 1 heterocycles. The van der Waals surface area contributed by atoms with Crippen LogP contribution < -0.4 is 0 Å². The molecule has 1 aliphatic heterocycles. The topological polar surface area (TPSA) is 26.3 Å². The predicted octanol–water partition coefficient (Wildman–Crippen LogP) is 3.46. The zero-order chi connectivity index (χ0) is 12.2. The molecule has 0 aromatic rings. The molecule has 3 rings (SSSR count). The van der Waals surface area contributed by atoms with Crippen molar-refractivity contribution in [2.45, 2.75) is 59.0 Å². The van der Waals surface area contributed by atoms with Gasteiger partial charge in [-0.2, -0.15) is 0 Å². The van der Waals surface area contributed by atoms with Gasteiger partial charge in [-0.1, -0.05) is 20.8 Å². The van der Waals surface area contributed by atoms with Crippen LogP contribution in [0.25, 0.3) is 0 Å². The van der Waals surface area contributed by atoms with E-state index in [0.717, 1.165) is 36.5 Å². The summed E-state index contributed by atoms with van der Waals surface area (Å²) in [6.45, 7) is 6.63. The third-order valence-corrected chi connectivity index (χ3v) is 4.60. The summed E-state index contributed by atoms with van der Waals surface area (Å²) in [5.41, 5.74) is 1.16. The predicted molar refractivity (Wildman–Crippen MR) is 66.4 cm³/mol. The van der Waals surface area contributed by atoms with E-state index in [1.807, 2.05) is 0 Å². The lowest BCUT2D eigenvalue weighted by molar-refractivity contribution is -0.118. The van der Waals surface area contributed by atoms with Crippen LogP contribution in [0.5, 0.6) is 0 Å². The number of hydrogen-bond donors (Lipinski definition) is 0. The van der Waals surface area contributed by atoms with E-state index < -0.39 is 0 Å². The Labute approximate surface area is 103 Å². The minimum atomic E-state index is 0.0923. The number of rotatable bonds is 0. The van der Waals surface area contributed by atoms with Crippen molar-refractivity contribution in [1.82, 2.24) is 0 Å². The zero-order valence-electron chi connectivity index (χ0n) is 11.1. The van der Waals surface area contributed by atoms with E-state index in [1.165, 1.54) is 6.42 Å². The summed E-state index contributed by atoms with van der Waals surface area (Å²) in [4.78, 5) is 12.3. The van der Waals surface area contributed by atoms with Crippen LogP contribution in [0.15, 0.2) is 11.3 Å². The molecule has 2 aliphatic carbocycles. The Kier molecular flexibility index (Phi) is 2.39. The van der Waals surface area contributed by atoms with Crippen LogP contribution in [-0.4, -0.2) is 11.9 Å². The molecule has 3 unspecified atom stereocenters. The molecule has 0 amide bonds. The van der Waals surface area contributed by atoms with Crippen molar-refractivity contribution in [3.05, 3.63) is 11.3 Å². The lowest BCUT2D eigenvalue weighted by Gasteiger charge is -2.30. The van der Waals surface area contributed by atoms with Gasteiger partial charge in [0.05, 0.1) is 0 Å². The van der Waals surface area contributed by atoms with Gasteiger partial charge in [-0.25, -0.2) is 0 Å². The normalized spacial score (nSPS) is 39.7. The van der Waals surface area contributed by atoms with E-state index in [2.05, 4.69) is 20.8 Å². The Morgan fingerprint density at radius 2 is 2.00 bits per heavy atom. The molecule has 0 radical (unpaired) electrons. The first-order valence-electron chi connectivity index (χ1n) is 6.89. The summed E-state index contributed by atoms with van der Waals surface area (Å²) in [7, 11) is 0. The van der Waals surface area contributed by atoms with E-state index >= 15 is 0 Å². The van der Waals surface area contributed by atoms with Gasteiger partial charge in [0, 0.05) is 24.3 Å². The SMILES string of the molecule is CC1CCC2C3=C(CC(C)(C)CC3=O)OC2C1.